The summed E-state index contributed by atoms with van der Waals surface area (Å²) in [7, 11) is 1.40. The van der Waals surface area contributed by atoms with Crippen molar-refractivity contribution in [3.63, 3.8) is 0 Å². The topological polar surface area (TPSA) is 75.6 Å². The van der Waals surface area contributed by atoms with Crippen LogP contribution in [0.1, 0.15) is 37.3 Å². The Kier molecular flexibility index (Phi) is 6.88. The molecule has 116 valence electrons. The minimum atomic E-state index is -1.09. The van der Waals surface area contributed by atoms with Crippen LogP contribution >= 0.6 is 0 Å². The second-order valence-corrected chi connectivity index (χ2v) is 5.31. The Morgan fingerprint density at radius 3 is 2.33 bits per heavy atom. The molecule has 2 N–H and O–H groups in total. The van der Waals surface area contributed by atoms with E-state index in [1.807, 2.05) is 12.1 Å². The van der Waals surface area contributed by atoms with Crippen LogP contribution in [0.2, 0.25) is 0 Å². The molecule has 0 spiro atoms. The molecule has 0 aliphatic rings. The van der Waals surface area contributed by atoms with Crippen molar-refractivity contribution in [3.05, 3.63) is 35.4 Å². The molecule has 1 aromatic carbocycles. The highest BCUT2D eigenvalue weighted by molar-refractivity contribution is 5.83. The number of hydrogen-bond acceptors (Lipinski definition) is 3. The van der Waals surface area contributed by atoms with Crippen molar-refractivity contribution in [2.45, 2.75) is 38.6 Å². The normalized spacial score (nSPS) is 12.2. The Balaban J connectivity index is 2.46. The van der Waals surface area contributed by atoms with Gasteiger partial charge >= 0.3 is 5.97 Å². The van der Waals surface area contributed by atoms with Crippen LogP contribution in [0.4, 0.5) is 0 Å². The molecule has 1 rings (SSSR count). The van der Waals surface area contributed by atoms with Crippen molar-refractivity contribution < 1.29 is 19.4 Å². The van der Waals surface area contributed by atoms with E-state index in [1.54, 1.807) is 0 Å². The first-order chi connectivity index (χ1) is 9.93. The summed E-state index contributed by atoms with van der Waals surface area (Å²) in [5.41, 5.74) is 2.32. The van der Waals surface area contributed by atoms with Crippen molar-refractivity contribution in [2.75, 3.05) is 13.7 Å². The molecular weight excluding hydrogens is 270 g/mol. The van der Waals surface area contributed by atoms with Gasteiger partial charge in [-0.05, 0) is 23.5 Å². The van der Waals surface area contributed by atoms with E-state index in [1.165, 1.54) is 12.7 Å². The fourth-order valence-corrected chi connectivity index (χ4v) is 1.93. The highest BCUT2D eigenvalue weighted by atomic mass is 16.5. The van der Waals surface area contributed by atoms with Gasteiger partial charge in [-0.25, -0.2) is 4.79 Å². The molecular formula is C16H23NO4. The lowest BCUT2D eigenvalue weighted by Gasteiger charge is -2.13. The summed E-state index contributed by atoms with van der Waals surface area (Å²) >= 11 is 0. The molecule has 21 heavy (non-hydrogen) atoms. The first kappa shape index (κ1) is 17.2. The van der Waals surface area contributed by atoms with Crippen LogP contribution in [-0.2, 0) is 20.7 Å². The predicted octanol–water partition coefficient (Wildman–Crippen LogP) is 1.96. The maximum absolute atomic E-state index is 11.8. The third kappa shape index (κ3) is 5.95. The number of aliphatic carboxylic acids is 1. The zero-order chi connectivity index (χ0) is 15.8. The Morgan fingerprint density at radius 1 is 1.24 bits per heavy atom. The molecule has 1 unspecified atom stereocenters. The quantitative estimate of drug-likeness (QED) is 0.768. The lowest BCUT2D eigenvalue weighted by Crippen LogP contribution is -2.43. The van der Waals surface area contributed by atoms with Gasteiger partial charge in [-0.2, -0.15) is 0 Å². The van der Waals surface area contributed by atoms with Gasteiger partial charge in [0.1, 0.15) is 0 Å². The van der Waals surface area contributed by atoms with Crippen molar-refractivity contribution >= 4 is 11.9 Å². The van der Waals surface area contributed by atoms with Crippen molar-refractivity contribution in [2.24, 2.45) is 0 Å². The van der Waals surface area contributed by atoms with Crippen LogP contribution in [0.15, 0.2) is 24.3 Å². The predicted molar refractivity (Wildman–Crippen MR) is 80.3 cm³/mol. The van der Waals surface area contributed by atoms with E-state index in [9.17, 15) is 9.59 Å². The standard InChI is InChI=1S/C16H23NO4/c1-11(2)13-7-4-12(5-8-13)6-9-15(18)17-14(10-21-3)16(19)20/h4-5,7-8,11,14H,6,9-10H2,1-3H3,(H,17,18)(H,19,20). The van der Waals surface area contributed by atoms with Gasteiger partial charge in [0.2, 0.25) is 5.91 Å². The number of methoxy groups -OCH3 is 1. The third-order valence-electron chi connectivity index (χ3n) is 3.25. The minimum absolute atomic E-state index is 0.0375. The molecule has 5 heteroatoms. The second kappa shape index (κ2) is 8.42. The van der Waals surface area contributed by atoms with E-state index in [0.29, 0.717) is 12.3 Å². The number of carbonyl (C=O) groups is 2. The monoisotopic (exact) mass is 293 g/mol. The number of benzene rings is 1. The van der Waals surface area contributed by atoms with E-state index in [2.05, 4.69) is 31.3 Å². The Bertz CT molecular complexity index is 468. The molecule has 1 amide bonds. The molecule has 1 aromatic rings. The van der Waals surface area contributed by atoms with Crippen molar-refractivity contribution in [1.82, 2.24) is 5.32 Å². The average molecular weight is 293 g/mol. The number of carboxylic acids is 1. The summed E-state index contributed by atoms with van der Waals surface area (Å²) in [6, 6.07) is 7.14. The van der Waals surface area contributed by atoms with Gasteiger partial charge in [0.25, 0.3) is 0 Å². The van der Waals surface area contributed by atoms with E-state index < -0.39 is 12.0 Å². The number of aryl methyl sites for hydroxylation is 1. The molecule has 0 heterocycles. The summed E-state index contributed by atoms with van der Waals surface area (Å²) in [5, 5.41) is 11.4. The fourth-order valence-electron chi connectivity index (χ4n) is 1.93. The summed E-state index contributed by atoms with van der Waals surface area (Å²) < 4.78 is 4.77. The Labute approximate surface area is 125 Å². The number of amides is 1. The van der Waals surface area contributed by atoms with Gasteiger partial charge in [-0.3, -0.25) is 4.79 Å². The lowest BCUT2D eigenvalue weighted by atomic mass is 10.0. The summed E-state index contributed by atoms with van der Waals surface area (Å²) in [4.78, 5) is 22.7. The van der Waals surface area contributed by atoms with E-state index in [-0.39, 0.29) is 18.9 Å². The van der Waals surface area contributed by atoms with E-state index in [0.717, 1.165) is 5.56 Å². The Hall–Kier alpha value is -1.88. The molecule has 0 aromatic heterocycles. The minimum Gasteiger partial charge on any atom is -0.480 e. The number of ether oxygens (including phenoxy) is 1. The van der Waals surface area contributed by atoms with Gasteiger partial charge in [-0.15, -0.1) is 0 Å². The first-order valence-corrected chi connectivity index (χ1v) is 7.04. The van der Waals surface area contributed by atoms with Gasteiger partial charge in [0, 0.05) is 13.5 Å². The van der Waals surface area contributed by atoms with Gasteiger partial charge in [-0.1, -0.05) is 38.1 Å². The second-order valence-electron chi connectivity index (χ2n) is 5.31. The highest BCUT2D eigenvalue weighted by Crippen LogP contribution is 2.15. The van der Waals surface area contributed by atoms with Crippen LogP contribution in [0.25, 0.3) is 0 Å². The number of hydrogen-bond donors (Lipinski definition) is 2. The molecule has 0 fully saturated rings. The van der Waals surface area contributed by atoms with Gasteiger partial charge < -0.3 is 15.2 Å². The zero-order valence-electron chi connectivity index (χ0n) is 12.8. The van der Waals surface area contributed by atoms with Crippen molar-refractivity contribution in [1.29, 1.82) is 0 Å². The number of rotatable bonds is 8. The molecule has 0 aliphatic heterocycles. The fraction of sp³-hybridized carbons (Fsp3) is 0.500. The lowest BCUT2D eigenvalue weighted by molar-refractivity contribution is -0.143. The van der Waals surface area contributed by atoms with Crippen LogP contribution < -0.4 is 5.32 Å². The van der Waals surface area contributed by atoms with E-state index >= 15 is 0 Å². The molecule has 1 atom stereocenters. The first-order valence-electron chi connectivity index (χ1n) is 7.04. The zero-order valence-corrected chi connectivity index (χ0v) is 12.8. The molecule has 0 aliphatic carbocycles. The van der Waals surface area contributed by atoms with Crippen LogP contribution in [0.3, 0.4) is 0 Å². The number of carboxylic acid groups (broad SMARTS) is 1. The van der Waals surface area contributed by atoms with Gasteiger partial charge in [0.15, 0.2) is 6.04 Å². The van der Waals surface area contributed by atoms with Crippen LogP contribution in [0, 0.1) is 0 Å². The smallest absolute Gasteiger partial charge is 0.328 e. The van der Waals surface area contributed by atoms with E-state index in [4.69, 9.17) is 9.84 Å². The maximum Gasteiger partial charge on any atom is 0.328 e. The largest absolute Gasteiger partial charge is 0.480 e. The number of carbonyl (C=O) groups excluding carboxylic acids is 1. The molecule has 0 bridgehead atoms. The third-order valence-corrected chi connectivity index (χ3v) is 3.25. The maximum atomic E-state index is 11.8. The Morgan fingerprint density at radius 2 is 1.86 bits per heavy atom. The molecule has 0 radical (unpaired) electrons. The van der Waals surface area contributed by atoms with Crippen molar-refractivity contribution in [3.8, 4) is 0 Å². The molecule has 5 nitrogen and oxygen atoms in total. The summed E-state index contributed by atoms with van der Waals surface area (Å²) in [6.07, 6.45) is 0.845. The van der Waals surface area contributed by atoms with Gasteiger partial charge in [0.05, 0.1) is 6.61 Å². The summed E-state index contributed by atoms with van der Waals surface area (Å²) in [6.45, 7) is 4.22. The SMILES string of the molecule is COCC(NC(=O)CCc1ccc(C(C)C)cc1)C(=O)O. The molecule has 0 saturated carbocycles. The molecule has 0 saturated heterocycles. The summed E-state index contributed by atoms with van der Waals surface area (Å²) in [5.74, 6) is -0.897. The number of nitrogens with one attached hydrogen (secondary N) is 1. The van der Waals surface area contributed by atoms with Crippen LogP contribution in [0.5, 0.6) is 0 Å². The highest BCUT2D eigenvalue weighted by Gasteiger charge is 2.19. The average Bonchev–Trinajstić information content (AvgIpc) is 2.45. The van der Waals surface area contributed by atoms with Crippen LogP contribution in [-0.4, -0.2) is 36.7 Å².